The maximum absolute atomic E-state index is 13.5. The molecule has 0 spiro atoms. The summed E-state index contributed by atoms with van der Waals surface area (Å²) in [5, 5.41) is 4.84. The Morgan fingerprint density at radius 1 is 0.917 bits per heavy atom. The van der Waals surface area contributed by atoms with Crippen LogP contribution >= 0.6 is 11.6 Å². The molecule has 2 aliphatic rings. The van der Waals surface area contributed by atoms with Crippen molar-refractivity contribution in [3.63, 3.8) is 0 Å². The zero-order chi connectivity index (χ0) is 24.6. The van der Waals surface area contributed by atoms with Crippen LogP contribution in [0.3, 0.4) is 0 Å². The molecule has 0 radical (unpaired) electrons. The van der Waals surface area contributed by atoms with Crippen molar-refractivity contribution in [3.05, 3.63) is 83.5 Å². The molecule has 3 heterocycles. The fourth-order valence-electron chi connectivity index (χ4n) is 5.22. The van der Waals surface area contributed by atoms with Crippen molar-refractivity contribution < 1.29 is 4.79 Å². The van der Waals surface area contributed by atoms with Crippen molar-refractivity contribution in [3.8, 4) is 11.1 Å². The first-order valence-electron chi connectivity index (χ1n) is 12.4. The van der Waals surface area contributed by atoms with Crippen LogP contribution in [0.5, 0.6) is 0 Å². The highest BCUT2D eigenvalue weighted by Gasteiger charge is 2.28. The predicted octanol–water partition coefficient (Wildman–Crippen LogP) is 5.90. The van der Waals surface area contributed by atoms with E-state index < -0.39 is 0 Å². The third kappa shape index (κ3) is 4.16. The second-order valence-corrected chi connectivity index (χ2v) is 9.89. The van der Waals surface area contributed by atoms with E-state index in [0.29, 0.717) is 6.54 Å². The Labute approximate surface area is 216 Å². The summed E-state index contributed by atoms with van der Waals surface area (Å²) in [6.07, 6.45) is 2.55. The summed E-state index contributed by atoms with van der Waals surface area (Å²) in [4.78, 5) is 24.7. The summed E-state index contributed by atoms with van der Waals surface area (Å²) in [5.41, 5.74) is 6.82. The first kappa shape index (κ1) is 22.8. The number of amides is 2. The standard InChI is InChI=1S/C29H28ClN5O/c1-33-14-16-34(17-15-33)27-19-26-21(18-24(27)30)11-13-35(26)29(36)32-25-10-12-31-28-22(8-5-9-23(25)28)20-6-3-2-4-7-20/h2-10,12,18-19H,11,13-17H2,1H3,(H,31,32,36). The predicted molar refractivity (Wildman–Crippen MR) is 148 cm³/mol. The number of anilines is 3. The number of hydrogen-bond donors (Lipinski definition) is 1. The molecule has 2 amide bonds. The highest BCUT2D eigenvalue weighted by atomic mass is 35.5. The van der Waals surface area contributed by atoms with E-state index in [9.17, 15) is 4.79 Å². The van der Waals surface area contributed by atoms with E-state index in [2.05, 4.69) is 51.4 Å². The third-order valence-corrected chi connectivity index (χ3v) is 7.53. The quantitative estimate of drug-likeness (QED) is 0.383. The topological polar surface area (TPSA) is 51.7 Å². The lowest BCUT2D eigenvalue weighted by atomic mass is 10.0. The Balaban J connectivity index is 1.30. The number of piperazine rings is 1. The van der Waals surface area contributed by atoms with Gasteiger partial charge >= 0.3 is 6.03 Å². The molecular weight excluding hydrogens is 470 g/mol. The highest BCUT2D eigenvalue weighted by molar-refractivity contribution is 6.33. The van der Waals surface area contributed by atoms with Crippen LogP contribution in [-0.4, -0.2) is 55.7 Å². The molecule has 0 aliphatic carbocycles. The van der Waals surface area contributed by atoms with Crippen molar-refractivity contribution in [2.45, 2.75) is 6.42 Å². The number of carbonyl (C=O) groups is 1. The van der Waals surface area contributed by atoms with Crippen LogP contribution in [-0.2, 0) is 6.42 Å². The number of nitrogens with zero attached hydrogens (tertiary/aromatic N) is 4. The lowest BCUT2D eigenvalue weighted by molar-refractivity contribution is 0.257. The number of para-hydroxylation sites is 1. The summed E-state index contributed by atoms with van der Waals surface area (Å²) in [6, 6.07) is 22.1. The molecule has 0 saturated carbocycles. The van der Waals surface area contributed by atoms with Crippen LogP contribution in [0.15, 0.2) is 72.9 Å². The van der Waals surface area contributed by atoms with Gasteiger partial charge in [0.25, 0.3) is 0 Å². The number of halogens is 1. The van der Waals surface area contributed by atoms with Crippen molar-refractivity contribution in [1.29, 1.82) is 0 Å². The molecular formula is C29H28ClN5O. The van der Waals surface area contributed by atoms with Crippen LogP contribution in [0.2, 0.25) is 5.02 Å². The van der Waals surface area contributed by atoms with Crippen LogP contribution in [0.25, 0.3) is 22.0 Å². The summed E-state index contributed by atoms with van der Waals surface area (Å²) in [7, 11) is 2.14. The third-order valence-electron chi connectivity index (χ3n) is 7.23. The first-order valence-corrected chi connectivity index (χ1v) is 12.7. The average molecular weight is 498 g/mol. The lowest BCUT2D eigenvalue weighted by Gasteiger charge is -2.35. The molecule has 6 nitrogen and oxygen atoms in total. The lowest BCUT2D eigenvalue weighted by Crippen LogP contribution is -2.44. The van der Waals surface area contributed by atoms with E-state index in [1.54, 1.807) is 6.20 Å². The van der Waals surface area contributed by atoms with Gasteiger partial charge < -0.3 is 15.1 Å². The first-order chi connectivity index (χ1) is 17.6. The molecule has 6 rings (SSSR count). The zero-order valence-corrected chi connectivity index (χ0v) is 21.0. The molecule has 0 bridgehead atoms. The Morgan fingerprint density at radius 3 is 2.53 bits per heavy atom. The summed E-state index contributed by atoms with van der Waals surface area (Å²) < 4.78 is 0. The van der Waals surface area contributed by atoms with Gasteiger partial charge in [-0.1, -0.05) is 60.1 Å². The summed E-state index contributed by atoms with van der Waals surface area (Å²) in [6.45, 7) is 4.47. The minimum absolute atomic E-state index is 0.141. The summed E-state index contributed by atoms with van der Waals surface area (Å²) >= 11 is 6.68. The molecule has 2 aliphatic heterocycles. The normalized spacial score (nSPS) is 15.8. The van der Waals surface area contributed by atoms with E-state index in [4.69, 9.17) is 11.6 Å². The van der Waals surface area contributed by atoms with E-state index >= 15 is 0 Å². The second kappa shape index (κ2) is 9.45. The Kier molecular flexibility index (Phi) is 5.99. The fourth-order valence-corrected chi connectivity index (χ4v) is 5.52. The van der Waals surface area contributed by atoms with Gasteiger partial charge in [0, 0.05) is 49.9 Å². The maximum atomic E-state index is 13.5. The van der Waals surface area contributed by atoms with Crippen molar-refractivity contribution in [2.24, 2.45) is 0 Å². The van der Waals surface area contributed by atoms with Crippen LogP contribution < -0.4 is 15.1 Å². The molecule has 0 atom stereocenters. The number of rotatable bonds is 3. The number of likely N-dealkylation sites (N-methyl/N-ethyl adjacent to an activating group) is 1. The number of hydrogen-bond acceptors (Lipinski definition) is 4. The van der Waals surface area contributed by atoms with Crippen LogP contribution in [0.4, 0.5) is 21.9 Å². The van der Waals surface area contributed by atoms with E-state index in [-0.39, 0.29) is 6.03 Å². The second-order valence-electron chi connectivity index (χ2n) is 9.48. The molecule has 182 valence electrons. The number of aromatic nitrogens is 1. The van der Waals surface area contributed by atoms with Gasteiger partial charge in [-0.05, 0) is 42.8 Å². The molecule has 1 fully saturated rings. The SMILES string of the molecule is CN1CCN(c2cc3c(cc2Cl)CCN3C(=O)Nc2ccnc3c(-c4ccccc4)cccc23)CC1. The number of carbonyl (C=O) groups excluding carboxylic acids is 1. The minimum atomic E-state index is -0.141. The maximum Gasteiger partial charge on any atom is 0.326 e. The summed E-state index contributed by atoms with van der Waals surface area (Å²) in [5.74, 6) is 0. The number of pyridine rings is 1. The van der Waals surface area contributed by atoms with Crippen LogP contribution in [0, 0.1) is 0 Å². The molecule has 1 saturated heterocycles. The van der Waals surface area contributed by atoms with Gasteiger partial charge in [-0.3, -0.25) is 9.88 Å². The van der Waals surface area contributed by atoms with Gasteiger partial charge in [0.05, 0.1) is 27.6 Å². The smallest absolute Gasteiger partial charge is 0.326 e. The molecule has 1 aromatic heterocycles. The minimum Gasteiger partial charge on any atom is -0.368 e. The molecule has 4 aromatic rings. The van der Waals surface area contributed by atoms with Crippen molar-refractivity contribution in [2.75, 3.05) is 54.9 Å². The van der Waals surface area contributed by atoms with Gasteiger partial charge in [0.2, 0.25) is 0 Å². The number of urea groups is 1. The van der Waals surface area contributed by atoms with Gasteiger partial charge in [0.1, 0.15) is 0 Å². The molecule has 3 aromatic carbocycles. The molecule has 36 heavy (non-hydrogen) atoms. The fraction of sp³-hybridized carbons (Fsp3) is 0.241. The Morgan fingerprint density at radius 2 is 1.72 bits per heavy atom. The highest BCUT2D eigenvalue weighted by Crippen LogP contribution is 2.38. The largest absolute Gasteiger partial charge is 0.368 e. The van der Waals surface area contributed by atoms with Gasteiger partial charge in [-0.2, -0.15) is 0 Å². The Hall–Kier alpha value is -3.61. The van der Waals surface area contributed by atoms with Gasteiger partial charge in [-0.25, -0.2) is 4.79 Å². The van der Waals surface area contributed by atoms with E-state index in [1.807, 2.05) is 47.4 Å². The Bertz CT molecular complexity index is 1430. The monoisotopic (exact) mass is 497 g/mol. The average Bonchev–Trinajstić information content (AvgIpc) is 3.32. The zero-order valence-electron chi connectivity index (χ0n) is 20.2. The molecule has 7 heteroatoms. The van der Waals surface area contributed by atoms with Gasteiger partial charge in [-0.15, -0.1) is 0 Å². The van der Waals surface area contributed by atoms with Crippen molar-refractivity contribution in [1.82, 2.24) is 9.88 Å². The van der Waals surface area contributed by atoms with Crippen molar-refractivity contribution >= 4 is 45.6 Å². The number of benzene rings is 3. The molecule has 0 unspecified atom stereocenters. The van der Waals surface area contributed by atoms with Gasteiger partial charge in [0.15, 0.2) is 0 Å². The number of fused-ring (bicyclic) bond motifs is 2. The van der Waals surface area contributed by atoms with Crippen LogP contribution in [0.1, 0.15) is 5.56 Å². The van der Waals surface area contributed by atoms with E-state index in [1.165, 1.54) is 0 Å². The van der Waals surface area contributed by atoms with E-state index in [0.717, 1.165) is 82.3 Å². The number of nitrogens with one attached hydrogen (secondary N) is 1. The molecule has 1 N–H and O–H groups in total.